The monoisotopic (exact) mass is 289 g/mol. The van der Waals surface area contributed by atoms with Crippen LogP contribution in [0.2, 0.25) is 0 Å². The lowest BCUT2D eigenvalue weighted by Gasteiger charge is -2.14. The largest absolute Gasteiger partial charge is 0.386 e. The zero-order valence-corrected chi connectivity index (χ0v) is 12.8. The Kier molecular flexibility index (Phi) is 4.57. The molecule has 1 heterocycles. The van der Waals surface area contributed by atoms with E-state index in [1.165, 1.54) is 11.3 Å². The Labute approximate surface area is 123 Å². The van der Waals surface area contributed by atoms with E-state index in [2.05, 4.69) is 5.32 Å². The number of benzene rings is 1. The fourth-order valence-corrected chi connectivity index (χ4v) is 3.11. The van der Waals surface area contributed by atoms with Crippen LogP contribution in [0.15, 0.2) is 29.6 Å². The zero-order chi connectivity index (χ0) is 14.7. The molecule has 0 saturated heterocycles. The van der Waals surface area contributed by atoms with Crippen LogP contribution < -0.4 is 5.32 Å². The molecule has 0 aliphatic heterocycles. The molecule has 2 aromatic rings. The summed E-state index contributed by atoms with van der Waals surface area (Å²) in [5.74, 6) is -0.129. The van der Waals surface area contributed by atoms with Gasteiger partial charge < -0.3 is 10.4 Å². The lowest BCUT2D eigenvalue weighted by molar-refractivity contribution is 0.0917. The van der Waals surface area contributed by atoms with Crippen LogP contribution in [0.1, 0.15) is 38.0 Å². The first-order valence-corrected chi connectivity index (χ1v) is 7.44. The molecular formula is C16H19NO2S. The van der Waals surface area contributed by atoms with Gasteiger partial charge in [-0.1, -0.05) is 23.8 Å². The van der Waals surface area contributed by atoms with E-state index < -0.39 is 6.10 Å². The van der Waals surface area contributed by atoms with Gasteiger partial charge >= 0.3 is 0 Å². The first-order chi connectivity index (χ1) is 9.49. The number of carbonyl (C=O) groups is 1. The molecule has 0 radical (unpaired) electrons. The number of thiophene rings is 1. The third kappa shape index (κ3) is 3.26. The van der Waals surface area contributed by atoms with Crippen LogP contribution in [0.25, 0.3) is 0 Å². The summed E-state index contributed by atoms with van der Waals surface area (Å²) in [4.78, 5) is 13.1. The van der Waals surface area contributed by atoms with Crippen molar-refractivity contribution in [3.05, 3.63) is 56.8 Å². The maximum Gasteiger partial charge on any atom is 0.251 e. The van der Waals surface area contributed by atoms with Crippen LogP contribution in [-0.4, -0.2) is 17.6 Å². The number of nitrogens with one attached hydrogen (secondary N) is 1. The average molecular weight is 289 g/mol. The second-order valence-electron chi connectivity index (χ2n) is 5.01. The first-order valence-electron chi connectivity index (χ1n) is 6.56. The van der Waals surface area contributed by atoms with Crippen LogP contribution >= 0.6 is 11.3 Å². The third-order valence-electron chi connectivity index (χ3n) is 3.23. The van der Waals surface area contributed by atoms with E-state index >= 15 is 0 Å². The fraction of sp³-hybridized carbons (Fsp3) is 0.312. The molecule has 20 heavy (non-hydrogen) atoms. The van der Waals surface area contributed by atoms with Gasteiger partial charge in [-0.25, -0.2) is 0 Å². The van der Waals surface area contributed by atoms with Crippen molar-refractivity contribution in [2.75, 3.05) is 6.54 Å². The molecule has 0 saturated carbocycles. The smallest absolute Gasteiger partial charge is 0.251 e. The van der Waals surface area contributed by atoms with Crippen LogP contribution in [0.5, 0.6) is 0 Å². The molecule has 0 aliphatic carbocycles. The predicted octanol–water partition coefficient (Wildman–Crippen LogP) is 3.14. The van der Waals surface area contributed by atoms with Crippen molar-refractivity contribution in [3.8, 4) is 0 Å². The quantitative estimate of drug-likeness (QED) is 0.908. The standard InChI is InChI=1S/C16H19NO2S/c1-10-7-11(2)15(12(3)8-10)16(19)17-9-13(18)14-5-4-6-20-14/h4-8,13,18H,9H2,1-3H3,(H,17,19). The lowest BCUT2D eigenvalue weighted by atomic mass is 9.99. The van der Waals surface area contributed by atoms with Crippen molar-refractivity contribution >= 4 is 17.2 Å². The van der Waals surface area contributed by atoms with Gasteiger partial charge in [0.2, 0.25) is 0 Å². The number of carbonyl (C=O) groups excluding carboxylic acids is 1. The van der Waals surface area contributed by atoms with Gasteiger partial charge in [-0.3, -0.25) is 4.79 Å². The summed E-state index contributed by atoms with van der Waals surface area (Å²) in [7, 11) is 0. The molecule has 4 heteroatoms. The summed E-state index contributed by atoms with van der Waals surface area (Å²) >= 11 is 1.49. The first kappa shape index (κ1) is 14.8. The van der Waals surface area contributed by atoms with Crippen molar-refractivity contribution in [1.82, 2.24) is 5.32 Å². The van der Waals surface area contributed by atoms with E-state index in [-0.39, 0.29) is 12.5 Å². The van der Waals surface area contributed by atoms with Crippen LogP contribution in [-0.2, 0) is 0 Å². The Morgan fingerprint density at radius 1 is 1.30 bits per heavy atom. The Morgan fingerprint density at radius 3 is 2.50 bits per heavy atom. The molecule has 0 fully saturated rings. The maximum atomic E-state index is 12.3. The molecule has 2 N–H and O–H groups in total. The van der Waals surface area contributed by atoms with Gasteiger partial charge in [-0.2, -0.15) is 0 Å². The summed E-state index contributed by atoms with van der Waals surface area (Å²) in [6.45, 7) is 6.11. The van der Waals surface area contributed by atoms with E-state index in [1.54, 1.807) is 0 Å². The highest BCUT2D eigenvalue weighted by Crippen LogP contribution is 2.19. The number of aliphatic hydroxyl groups is 1. The maximum absolute atomic E-state index is 12.3. The highest BCUT2D eigenvalue weighted by Gasteiger charge is 2.15. The molecule has 2 rings (SSSR count). The van der Waals surface area contributed by atoms with Gasteiger partial charge in [0.1, 0.15) is 6.10 Å². The van der Waals surface area contributed by atoms with Crippen molar-refractivity contribution in [3.63, 3.8) is 0 Å². The van der Waals surface area contributed by atoms with Crippen LogP contribution in [0.3, 0.4) is 0 Å². The Bertz CT molecular complexity index is 582. The van der Waals surface area contributed by atoms with E-state index in [0.29, 0.717) is 5.56 Å². The Morgan fingerprint density at radius 2 is 1.95 bits per heavy atom. The third-order valence-corrected chi connectivity index (χ3v) is 4.21. The number of rotatable bonds is 4. The summed E-state index contributed by atoms with van der Waals surface area (Å²) in [5, 5.41) is 14.7. The molecule has 1 aromatic heterocycles. The molecule has 0 aliphatic rings. The van der Waals surface area contributed by atoms with E-state index in [9.17, 15) is 9.90 Å². The second-order valence-corrected chi connectivity index (χ2v) is 5.99. The minimum Gasteiger partial charge on any atom is -0.386 e. The molecule has 106 valence electrons. The molecule has 1 atom stereocenters. The van der Waals surface area contributed by atoms with E-state index in [0.717, 1.165) is 21.6 Å². The molecule has 0 spiro atoms. The number of hydrogen-bond donors (Lipinski definition) is 2. The Balaban J connectivity index is 2.06. The topological polar surface area (TPSA) is 49.3 Å². The summed E-state index contributed by atoms with van der Waals surface area (Å²) in [5.41, 5.74) is 3.78. The number of aliphatic hydroxyl groups excluding tert-OH is 1. The van der Waals surface area contributed by atoms with Crippen LogP contribution in [0.4, 0.5) is 0 Å². The minimum absolute atomic E-state index is 0.129. The number of hydrogen-bond acceptors (Lipinski definition) is 3. The van der Waals surface area contributed by atoms with Gasteiger partial charge in [0.25, 0.3) is 5.91 Å². The molecule has 1 aromatic carbocycles. The SMILES string of the molecule is Cc1cc(C)c(C(=O)NCC(O)c2cccs2)c(C)c1. The van der Waals surface area contributed by atoms with Crippen molar-refractivity contribution < 1.29 is 9.90 Å². The predicted molar refractivity (Wildman–Crippen MR) is 82.3 cm³/mol. The molecule has 1 amide bonds. The summed E-state index contributed by atoms with van der Waals surface area (Å²) < 4.78 is 0. The number of amides is 1. The van der Waals surface area contributed by atoms with Gasteiger partial charge in [0.05, 0.1) is 0 Å². The van der Waals surface area contributed by atoms with Crippen molar-refractivity contribution in [2.24, 2.45) is 0 Å². The molecule has 3 nitrogen and oxygen atoms in total. The average Bonchev–Trinajstić information content (AvgIpc) is 2.88. The normalized spacial score (nSPS) is 12.2. The molecule has 0 bridgehead atoms. The Hall–Kier alpha value is -1.65. The fourth-order valence-electron chi connectivity index (χ4n) is 2.40. The lowest BCUT2D eigenvalue weighted by Crippen LogP contribution is -2.29. The molecular weight excluding hydrogens is 270 g/mol. The zero-order valence-electron chi connectivity index (χ0n) is 11.9. The highest BCUT2D eigenvalue weighted by atomic mass is 32.1. The second kappa shape index (κ2) is 6.20. The van der Waals surface area contributed by atoms with E-state index in [4.69, 9.17) is 0 Å². The van der Waals surface area contributed by atoms with Gasteiger partial charge in [0, 0.05) is 17.0 Å². The minimum atomic E-state index is -0.648. The van der Waals surface area contributed by atoms with Gasteiger partial charge in [-0.15, -0.1) is 11.3 Å². The highest BCUT2D eigenvalue weighted by molar-refractivity contribution is 7.10. The van der Waals surface area contributed by atoms with Crippen LogP contribution in [0, 0.1) is 20.8 Å². The van der Waals surface area contributed by atoms with E-state index in [1.807, 2.05) is 50.4 Å². The van der Waals surface area contributed by atoms with Gasteiger partial charge in [-0.05, 0) is 43.3 Å². The number of aryl methyl sites for hydroxylation is 3. The summed E-state index contributed by atoms with van der Waals surface area (Å²) in [6.07, 6.45) is -0.648. The molecule has 1 unspecified atom stereocenters. The van der Waals surface area contributed by atoms with Gasteiger partial charge in [0.15, 0.2) is 0 Å². The summed E-state index contributed by atoms with van der Waals surface area (Å²) in [6, 6.07) is 7.75. The van der Waals surface area contributed by atoms with Crippen molar-refractivity contribution in [1.29, 1.82) is 0 Å². The van der Waals surface area contributed by atoms with Crippen molar-refractivity contribution in [2.45, 2.75) is 26.9 Å².